The van der Waals surface area contributed by atoms with Gasteiger partial charge in [-0.15, -0.1) is 0 Å². The molecule has 0 N–H and O–H groups in total. The molecule has 0 aliphatic heterocycles. The van der Waals surface area contributed by atoms with Crippen molar-refractivity contribution in [1.29, 1.82) is 0 Å². The number of aryl methyl sites for hydroxylation is 1. The molecule has 1 heterocycles. The molecule has 0 bridgehead atoms. The van der Waals surface area contributed by atoms with E-state index in [2.05, 4.69) is 4.98 Å². The van der Waals surface area contributed by atoms with Crippen molar-refractivity contribution in [3.63, 3.8) is 0 Å². The van der Waals surface area contributed by atoms with Gasteiger partial charge in [-0.2, -0.15) is 0 Å². The van der Waals surface area contributed by atoms with Gasteiger partial charge in [-0.1, -0.05) is 18.2 Å². The predicted octanol–water partition coefficient (Wildman–Crippen LogP) is 5.07. The quantitative estimate of drug-likeness (QED) is 0.321. The fourth-order valence-electron chi connectivity index (χ4n) is 3.59. The van der Waals surface area contributed by atoms with Crippen molar-refractivity contribution in [2.75, 3.05) is 25.6 Å². The minimum Gasteiger partial charge on any atom is -0.497 e. The second-order valence-electron chi connectivity index (χ2n) is 7.61. The topological polar surface area (TPSA) is 91.1 Å². The SMILES string of the molecule is COc1ccc(N(Cc2nc(-c3ccc(OC)c(OC)c3)oc2C)S(=O)(=O)c2ccccc2)cc1. The molecule has 0 saturated heterocycles. The number of sulfonamides is 1. The minimum atomic E-state index is -3.89. The Hall–Kier alpha value is -3.98. The molecule has 0 aliphatic rings. The number of hydrogen-bond donors (Lipinski definition) is 0. The van der Waals surface area contributed by atoms with Crippen LogP contribution in [-0.2, 0) is 16.6 Å². The predicted molar refractivity (Wildman–Crippen MR) is 133 cm³/mol. The van der Waals surface area contributed by atoms with Crippen LogP contribution in [0.25, 0.3) is 11.5 Å². The van der Waals surface area contributed by atoms with E-state index in [-0.39, 0.29) is 11.4 Å². The smallest absolute Gasteiger partial charge is 0.264 e. The lowest BCUT2D eigenvalue weighted by Crippen LogP contribution is -2.31. The average molecular weight is 495 g/mol. The highest BCUT2D eigenvalue weighted by molar-refractivity contribution is 7.92. The third-order valence-corrected chi connectivity index (χ3v) is 7.30. The van der Waals surface area contributed by atoms with Crippen molar-refractivity contribution in [2.24, 2.45) is 0 Å². The first-order valence-corrected chi connectivity index (χ1v) is 12.2. The van der Waals surface area contributed by atoms with E-state index in [9.17, 15) is 8.42 Å². The molecule has 35 heavy (non-hydrogen) atoms. The molecule has 0 unspecified atom stereocenters. The van der Waals surface area contributed by atoms with Crippen LogP contribution in [0.15, 0.2) is 82.1 Å². The van der Waals surface area contributed by atoms with Crippen LogP contribution in [0.5, 0.6) is 17.2 Å². The number of anilines is 1. The van der Waals surface area contributed by atoms with Gasteiger partial charge in [0.1, 0.15) is 17.2 Å². The molecule has 0 saturated carbocycles. The molecular formula is C26H26N2O6S. The number of oxazole rings is 1. The van der Waals surface area contributed by atoms with E-state index in [0.29, 0.717) is 45.8 Å². The van der Waals surface area contributed by atoms with Gasteiger partial charge in [-0.25, -0.2) is 13.4 Å². The Morgan fingerprint density at radius 3 is 2.17 bits per heavy atom. The molecule has 0 amide bonds. The summed E-state index contributed by atoms with van der Waals surface area (Å²) >= 11 is 0. The molecule has 182 valence electrons. The zero-order valence-corrected chi connectivity index (χ0v) is 20.7. The fraction of sp³-hybridized carbons (Fsp3) is 0.192. The molecule has 3 aromatic carbocycles. The minimum absolute atomic E-state index is 0.0216. The number of hydrogen-bond acceptors (Lipinski definition) is 7. The van der Waals surface area contributed by atoms with Crippen LogP contribution in [0.2, 0.25) is 0 Å². The lowest BCUT2D eigenvalue weighted by Gasteiger charge is -2.24. The molecular weight excluding hydrogens is 468 g/mol. The summed E-state index contributed by atoms with van der Waals surface area (Å²) in [5.74, 6) is 2.61. The first kappa shape index (κ1) is 24.2. The maximum absolute atomic E-state index is 13.6. The van der Waals surface area contributed by atoms with E-state index in [1.54, 1.807) is 101 Å². The van der Waals surface area contributed by atoms with Crippen LogP contribution in [0.3, 0.4) is 0 Å². The zero-order chi connectivity index (χ0) is 25.0. The number of aromatic nitrogens is 1. The summed E-state index contributed by atoms with van der Waals surface area (Å²) in [6, 6.07) is 20.4. The highest BCUT2D eigenvalue weighted by Gasteiger charge is 2.27. The first-order chi connectivity index (χ1) is 16.9. The number of rotatable bonds is 9. The third kappa shape index (κ3) is 4.95. The molecule has 0 fully saturated rings. The standard InChI is InChI=1S/C26H26N2O6S/c1-18-23(27-26(34-18)19-10-15-24(32-3)25(16-19)33-4)17-28(20-11-13-21(31-2)14-12-20)35(29,30)22-8-6-5-7-9-22/h5-16H,17H2,1-4H3. The number of nitrogens with zero attached hydrogens (tertiary/aromatic N) is 2. The van der Waals surface area contributed by atoms with Crippen LogP contribution >= 0.6 is 0 Å². The van der Waals surface area contributed by atoms with Gasteiger partial charge in [-0.3, -0.25) is 4.31 Å². The average Bonchev–Trinajstić information content (AvgIpc) is 3.27. The van der Waals surface area contributed by atoms with Gasteiger partial charge in [0.05, 0.1) is 38.5 Å². The van der Waals surface area contributed by atoms with Crippen molar-refractivity contribution >= 4 is 15.7 Å². The number of benzene rings is 3. The van der Waals surface area contributed by atoms with Crippen molar-refractivity contribution in [2.45, 2.75) is 18.4 Å². The molecule has 1 aromatic heterocycles. The summed E-state index contributed by atoms with van der Waals surface area (Å²) < 4.78 is 50.4. The van der Waals surface area contributed by atoms with Crippen molar-refractivity contribution in [3.05, 3.63) is 84.3 Å². The fourth-order valence-corrected chi connectivity index (χ4v) is 5.03. The Morgan fingerprint density at radius 2 is 1.54 bits per heavy atom. The van der Waals surface area contributed by atoms with Crippen LogP contribution in [0, 0.1) is 6.92 Å². The molecule has 0 radical (unpaired) electrons. The van der Waals surface area contributed by atoms with Crippen LogP contribution in [0.1, 0.15) is 11.5 Å². The van der Waals surface area contributed by atoms with E-state index in [1.807, 2.05) is 0 Å². The van der Waals surface area contributed by atoms with Crippen molar-refractivity contribution in [3.8, 4) is 28.7 Å². The summed E-state index contributed by atoms with van der Waals surface area (Å²) in [6.07, 6.45) is 0. The Morgan fingerprint density at radius 1 is 0.857 bits per heavy atom. The Bertz CT molecular complexity index is 1400. The maximum atomic E-state index is 13.6. The molecule has 0 spiro atoms. The van der Waals surface area contributed by atoms with Crippen molar-refractivity contribution < 1.29 is 27.0 Å². The summed E-state index contributed by atoms with van der Waals surface area (Å²) in [6.45, 7) is 1.74. The van der Waals surface area contributed by atoms with Gasteiger partial charge in [0.2, 0.25) is 5.89 Å². The molecule has 0 aliphatic carbocycles. The molecule has 4 aromatic rings. The lowest BCUT2D eigenvalue weighted by molar-refractivity contribution is 0.355. The number of ether oxygens (including phenoxy) is 3. The van der Waals surface area contributed by atoms with Crippen LogP contribution in [-0.4, -0.2) is 34.7 Å². The normalized spacial score (nSPS) is 11.2. The van der Waals surface area contributed by atoms with Gasteiger partial charge in [0.15, 0.2) is 11.5 Å². The number of methoxy groups -OCH3 is 3. The van der Waals surface area contributed by atoms with Gasteiger partial charge in [0, 0.05) is 5.56 Å². The molecule has 4 rings (SSSR count). The zero-order valence-electron chi connectivity index (χ0n) is 19.9. The van der Waals surface area contributed by atoms with Gasteiger partial charge >= 0.3 is 0 Å². The van der Waals surface area contributed by atoms with E-state index in [4.69, 9.17) is 18.6 Å². The maximum Gasteiger partial charge on any atom is 0.264 e. The highest BCUT2D eigenvalue weighted by Crippen LogP contribution is 2.34. The Labute approximate surface area is 204 Å². The highest BCUT2D eigenvalue weighted by atomic mass is 32.2. The van der Waals surface area contributed by atoms with E-state index < -0.39 is 10.0 Å². The second kappa shape index (κ2) is 10.1. The van der Waals surface area contributed by atoms with Crippen LogP contribution < -0.4 is 18.5 Å². The Balaban J connectivity index is 1.74. The summed E-state index contributed by atoms with van der Waals surface area (Å²) in [5.41, 5.74) is 1.65. The summed E-state index contributed by atoms with van der Waals surface area (Å²) in [7, 11) is 0.780. The van der Waals surface area contributed by atoms with Gasteiger partial charge < -0.3 is 18.6 Å². The Kier molecular flexibility index (Phi) is 6.97. The third-order valence-electron chi connectivity index (χ3n) is 5.51. The van der Waals surface area contributed by atoms with E-state index in [0.717, 1.165) is 0 Å². The summed E-state index contributed by atoms with van der Waals surface area (Å²) in [4.78, 5) is 4.80. The lowest BCUT2D eigenvalue weighted by atomic mass is 10.2. The molecule has 8 nitrogen and oxygen atoms in total. The molecule has 9 heteroatoms. The summed E-state index contributed by atoms with van der Waals surface area (Å²) in [5, 5.41) is 0. The van der Waals surface area contributed by atoms with Crippen molar-refractivity contribution in [1.82, 2.24) is 4.98 Å². The van der Waals surface area contributed by atoms with E-state index in [1.165, 1.54) is 4.31 Å². The molecule has 0 atom stereocenters. The van der Waals surface area contributed by atoms with Gasteiger partial charge in [-0.05, 0) is 61.5 Å². The first-order valence-electron chi connectivity index (χ1n) is 10.8. The second-order valence-corrected chi connectivity index (χ2v) is 9.48. The van der Waals surface area contributed by atoms with Gasteiger partial charge in [0.25, 0.3) is 10.0 Å². The van der Waals surface area contributed by atoms with Crippen LogP contribution in [0.4, 0.5) is 5.69 Å². The monoisotopic (exact) mass is 494 g/mol. The largest absolute Gasteiger partial charge is 0.497 e. The van der Waals surface area contributed by atoms with E-state index >= 15 is 0 Å².